The maximum Gasteiger partial charge on any atom is 0.0540 e. The van der Waals surface area contributed by atoms with Gasteiger partial charge in [-0.05, 0) is 109 Å². The number of hydrogen-bond donors (Lipinski definition) is 0. The molecule has 262 valence electrons. The molecule has 0 saturated heterocycles. The Morgan fingerprint density at radius 2 is 0.839 bits per heavy atom. The van der Waals surface area contributed by atoms with Gasteiger partial charge in [0.15, 0.2) is 0 Å². The van der Waals surface area contributed by atoms with Crippen molar-refractivity contribution < 1.29 is 0 Å². The second-order valence-corrected chi connectivity index (χ2v) is 15.6. The van der Waals surface area contributed by atoms with E-state index in [1.54, 1.807) is 0 Å². The van der Waals surface area contributed by atoms with Crippen molar-refractivity contribution in [3.8, 4) is 33.4 Å². The SMILES string of the molecule is c1ccc(-c2ccc(N(c3ccc4c(c3)sc3cc5ccccc5cc34)c3ccccc3-c3ccccc3-c3cc4ccccc4c4ccccc34)cc2)cc1. The summed E-state index contributed by atoms with van der Waals surface area (Å²) in [7, 11) is 0. The van der Waals surface area contributed by atoms with Gasteiger partial charge in [-0.25, -0.2) is 0 Å². The molecule has 0 aliphatic rings. The molecule has 0 unspecified atom stereocenters. The number of para-hydroxylation sites is 1. The van der Waals surface area contributed by atoms with Crippen molar-refractivity contribution in [2.45, 2.75) is 0 Å². The lowest BCUT2D eigenvalue weighted by Gasteiger charge is -2.29. The highest BCUT2D eigenvalue weighted by Gasteiger charge is 2.21. The predicted molar refractivity (Wildman–Crippen MR) is 243 cm³/mol. The third-order valence-electron chi connectivity index (χ3n) is 11.2. The van der Waals surface area contributed by atoms with Crippen LogP contribution in [0.5, 0.6) is 0 Å². The molecule has 0 radical (unpaired) electrons. The third kappa shape index (κ3) is 5.46. The molecule has 56 heavy (non-hydrogen) atoms. The zero-order valence-electron chi connectivity index (χ0n) is 30.6. The lowest BCUT2D eigenvalue weighted by Crippen LogP contribution is -2.11. The Morgan fingerprint density at radius 3 is 1.62 bits per heavy atom. The fraction of sp³-hybridized carbons (Fsp3) is 0. The first-order chi connectivity index (χ1) is 27.8. The fourth-order valence-electron chi connectivity index (χ4n) is 8.58. The second kappa shape index (κ2) is 13.4. The molecular weight excluding hydrogens is 695 g/mol. The molecule has 1 aromatic heterocycles. The average Bonchev–Trinajstić information content (AvgIpc) is 3.62. The molecule has 11 rings (SSSR count). The summed E-state index contributed by atoms with van der Waals surface area (Å²) >= 11 is 1.87. The molecule has 0 atom stereocenters. The molecule has 2 heteroatoms. The number of thiophene rings is 1. The highest BCUT2D eigenvalue weighted by molar-refractivity contribution is 7.25. The summed E-state index contributed by atoms with van der Waals surface area (Å²) < 4.78 is 2.59. The molecular formula is C54H35NS. The lowest BCUT2D eigenvalue weighted by atomic mass is 9.88. The van der Waals surface area contributed by atoms with E-state index in [2.05, 4.69) is 217 Å². The monoisotopic (exact) mass is 729 g/mol. The number of hydrogen-bond acceptors (Lipinski definition) is 2. The van der Waals surface area contributed by atoms with Gasteiger partial charge >= 0.3 is 0 Å². The standard InChI is InChI=1S/C54H35NS/c1-2-14-36(15-3-1)37-26-28-41(29-27-37)55(42-30-31-49-51-32-38-16-4-5-17-39(38)34-53(51)56-54(49)35-42)52-25-13-12-24-48(52)45-21-9-11-23-47(45)50-33-40-18-6-7-19-43(40)44-20-8-10-22-46(44)50/h1-35H. The van der Waals surface area contributed by atoms with E-state index in [1.807, 2.05) is 11.3 Å². The lowest BCUT2D eigenvalue weighted by molar-refractivity contribution is 1.29. The minimum atomic E-state index is 1.11. The van der Waals surface area contributed by atoms with Gasteiger partial charge in [0.2, 0.25) is 0 Å². The first kappa shape index (κ1) is 32.4. The fourth-order valence-corrected chi connectivity index (χ4v) is 9.75. The van der Waals surface area contributed by atoms with Gasteiger partial charge in [-0.2, -0.15) is 0 Å². The topological polar surface area (TPSA) is 3.24 Å². The first-order valence-corrected chi connectivity index (χ1v) is 20.0. The summed E-state index contributed by atoms with van der Waals surface area (Å²) in [5.74, 6) is 0. The highest BCUT2D eigenvalue weighted by atomic mass is 32.1. The van der Waals surface area contributed by atoms with Crippen LogP contribution >= 0.6 is 11.3 Å². The largest absolute Gasteiger partial charge is 0.310 e. The van der Waals surface area contributed by atoms with Crippen molar-refractivity contribution in [2.24, 2.45) is 0 Å². The molecule has 0 N–H and O–H groups in total. The predicted octanol–water partition coefficient (Wildman–Crippen LogP) is 16.0. The van der Waals surface area contributed by atoms with Crippen LogP contribution in [0.1, 0.15) is 0 Å². The summed E-state index contributed by atoms with van der Waals surface area (Å²) in [6.45, 7) is 0. The van der Waals surface area contributed by atoms with E-state index in [0.29, 0.717) is 0 Å². The summed E-state index contributed by atoms with van der Waals surface area (Å²) in [4.78, 5) is 2.44. The number of anilines is 3. The van der Waals surface area contributed by atoms with Gasteiger partial charge in [-0.1, -0.05) is 164 Å². The van der Waals surface area contributed by atoms with E-state index in [-0.39, 0.29) is 0 Å². The van der Waals surface area contributed by atoms with Crippen molar-refractivity contribution in [1.82, 2.24) is 0 Å². The molecule has 0 bridgehead atoms. The number of fused-ring (bicyclic) bond motifs is 7. The summed E-state index contributed by atoms with van der Waals surface area (Å²) in [6, 6.07) is 77.8. The van der Waals surface area contributed by atoms with Gasteiger partial charge < -0.3 is 4.90 Å². The van der Waals surface area contributed by atoms with E-state index in [4.69, 9.17) is 0 Å². The Balaban J connectivity index is 1.12. The minimum Gasteiger partial charge on any atom is -0.310 e. The molecule has 10 aromatic carbocycles. The summed E-state index contributed by atoms with van der Waals surface area (Å²) in [6.07, 6.45) is 0. The highest BCUT2D eigenvalue weighted by Crippen LogP contribution is 2.47. The van der Waals surface area contributed by atoms with Crippen LogP contribution in [0, 0.1) is 0 Å². The molecule has 0 fully saturated rings. The molecule has 0 aliphatic carbocycles. The van der Waals surface area contributed by atoms with Crippen molar-refractivity contribution in [3.05, 3.63) is 212 Å². The van der Waals surface area contributed by atoms with Crippen LogP contribution in [0.15, 0.2) is 212 Å². The normalized spacial score (nSPS) is 11.6. The summed E-state index contributed by atoms with van der Waals surface area (Å²) in [5, 5.41) is 10.2. The van der Waals surface area contributed by atoms with Gasteiger partial charge in [-0.3, -0.25) is 0 Å². The Hall–Kier alpha value is -7.00. The van der Waals surface area contributed by atoms with E-state index < -0.39 is 0 Å². The molecule has 0 amide bonds. The molecule has 0 spiro atoms. The first-order valence-electron chi connectivity index (χ1n) is 19.2. The van der Waals surface area contributed by atoms with E-state index >= 15 is 0 Å². The average molecular weight is 730 g/mol. The quantitative estimate of drug-likeness (QED) is 0.154. The zero-order valence-corrected chi connectivity index (χ0v) is 31.4. The van der Waals surface area contributed by atoms with Gasteiger partial charge in [0.05, 0.1) is 5.69 Å². The van der Waals surface area contributed by atoms with Crippen molar-refractivity contribution in [3.63, 3.8) is 0 Å². The Morgan fingerprint density at radius 1 is 0.286 bits per heavy atom. The molecule has 1 nitrogen and oxygen atoms in total. The van der Waals surface area contributed by atoms with Crippen LogP contribution in [-0.4, -0.2) is 0 Å². The van der Waals surface area contributed by atoms with Crippen molar-refractivity contribution >= 4 is 80.9 Å². The molecule has 0 saturated carbocycles. The molecule has 1 heterocycles. The van der Waals surface area contributed by atoms with Crippen LogP contribution in [-0.2, 0) is 0 Å². The number of benzene rings is 10. The van der Waals surface area contributed by atoms with E-state index in [1.165, 1.54) is 85.9 Å². The second-order valence-electron chi connectivity index (χ2n) is 14.5. The van der Waals surface area contributed by atoms with Gasteiger partial charge in [0.25, 0.3) is 0 Å². The van der Waals surface area contributed by atoms with Crippen molar-refractivity contribution in [2.75, 3.05) is 4.90 Å². The third-order valence-corrected chi connectivity index (χ3v) is 12.3. The number of rotatable bonds is 6. The maximum atomic E-state index is 2.44. The molecule has 11 aromatic rings. The Labute approximate surface area is 330 Å². The van der Waals surface area contributed by atoms with Crippen LogP contribution < -0.4 is 4.90 Å². The van der Waals surface area contributed by atoms with Crippen LogP contribution in [0.25, 0.3) is 85.9 Å². The van der Waals surface area contributed by atoms with Crippen LogP contribution in [0.4, 0.5) is 17.1 Å². The van der Waals surface area contributed by atoms with E-state index in [9.17, 15) is 0 Å². The van der Waals surface area contributed by atoms with Gasteiger partial charge in [0.1, 0.15) is 0 Å². The Kier molecular flexibility index (Phi) is 7.75. The maximum absolute atomic E-state index is 2.44. The summed E-state index contributed by atoms with van der Waals surface area (Å²) in [5.41, 5.74) is 10.6. The number of nitrogens with zero attached hydrogens (tertiary/aromatic N) is 1. The van der Waals surface area contributed by atoms with Gasteiger partial charge in [0, 0.05) is 37.1 Å². The zero-order chi connectivity index (χ0) is 37.0. The van der Waals surface area contributed by atoms with Crippen LogP contribution in [0.2, 0.25) is 0 Å². The van der Waals surface area contributed by atoms with E-state index in [0.717, 1.165) is 17.1 Å². The van der Waals surface area contributed by atoms with Gasteiger partial charge in [-0.15, -0.1) is 11.3 Å². The van der Waals surface area contributed by atoms with Crippen LogP contribution in [0.3, 0.4) is 0 Å². The minimum absolute atomic E-state index is 1.11. The van der Waals surface area contributed by atoms with Crippen molar-refractivity contribution in [1.29, 1.82) is 0 Å². The molecule has 0 aliphatic heterocycles. The smallest absolute Gasteiger partial charge is 0.0540 e. The Bertz CT molecular complexity index is 3250.